The number of rotatable bonds is 3. The Bertz CT molecular complexity index is 769. The molecule has 3 rings (SSSR count). The predicted molar refractivity (Wildman–Crippen MR) is 74.7 cm³/mol. The zero-order valence-corrected chi connectivity index (χ0v) is 10.9. The second kappa shape index (κ2) is 4.80. The van der Waals surface area contributed by atoms with Crippen LogP contribution < -0.4 is 11.1 Å². The smallest absolute Gasteiger partial charge is 0.213 e. The van der Waals surface area contributed by atoms with Crippen LogP contribution in [0.3, 0.4) is 0 Å². The SMILES string of the molecule is Cc1cnc(CNc2c(F)cc(N)c3cccnc23)o1. The molecule has 2 aromatic heterocycles. The fourth-order valence-corrected chi connectivity index (χ4v) is 2.05. The summed E-state index contributed by atoms with van der Waals surface area (Å²) in [6.07, 6.45) is 3.22. The van der Waals surface area contributed by atoms with Gasteiger partial charge in [-0.25, -0.2) is 9.37 Å². The number of hydrogen-bond donors (Lipinski definition) is 2. The third-order valence-electron chi connectivity index (χ3n) is 2.96. The molecule has 0 aliphatic carbocycles. The molecule has 5 nitrogen and oxygen atoms in total. The van der Waals surface area contributed by atoms with Crippen LogP contribution in [0.25, 0.3) is 10.9 Å². The Morgan fingerprint density at radius 3 is 3.00 bits per heavy atom. The van der Waals surface area contributed by atoms with E-state index >= 15 is 0 Å². The summed E-state index contributed by atoms with van der Waals surface area (Å²) >= 11 is 0. The van der Waals surface area contributed by atoms with Gasteiger partial charge in [-0.2, -0.15) is 0 Å². The van der Waals surface area contributed by atoms with Gasteiger partial charge in [-0.05, 0) is 25.1 Å². The maximum absolute atomic E-state index is 14.1. The Morgan fingerprint density at radius 2 is 2.25 bits per heavy atom. The first-order valence-electron chi connectivity index (χ1n) is 6.13. The number of halogens is 1. The monoisotopic (exact) mass is 272 g/mol. The summed E-state index contributed by atoms with van der Waals surface area (Å²) in [6, 6.07) is 4.85. The van der Waals surface area contributed by atoms with Gasteiger partial charge in [0, 0.05) is 17.3 Å². The quantitative estimate of drug-likeness (QED) is 0.717. The van der Waals surface area contributed by atoms with Gasteiger partial charge in [-0.15, -0.1) is 0 Å². The minimum Gasteiger partial charge on any atom is -0.444 e. The summed E-state index contributed by atoms with van der Waals surface area (Å²) in [6.45, 7) is 2.08. The molecule has 3 aromatic rings. The molecule has 0 bridgehead atoms. The topological polar surface area (TPSA) is 77.0 Å². The van der Waals surface area contributed by atoms with E-state index in [1.165, 1.54) is 6.07 Å². The summed E-state index contributed by atoms with van der Waals surface area (Å²) in [7, 11) is 0. The van der Waals surface area contributed by atoms with Crippen molar-refractivity contribution in [1.82, 2.24) is 9.97 Å². The van der Waals surface area contributed by atoms with E-state index in [0.717, 1.165) is 0 Å². The zero-order chi connectivity index (χ0) is 14.1. The lowest BCUT2D eigenvalue weighted by atomic mass is 10.1. The van der Waals surface area contributed by atoms with Crippen LogP contribution in [0.1, 0.15) is 11.7 Å². The second-order valence-corrected chi connectivity index (χ2v) is 4.44. The van der Waals surface area contributed by atoms with Crippen molar-refractivity contribution in [2.75, 3.05) is 11.1 Å². The number of oxazole rings is 1. The predicted octanol–water partition coefficient (Wildman–Crippen LogP) is 2.86. The number of nitrogen functional groups attached to an aromatic ring is 1. The van der Waals surface area contributed by atoms with Crippen LogP contribution in [0, 0.1) is 12.7 Å². The van der Waals surface area contributed by atoms with E-state index in [2.05, 4.69) is 15.3 Å². The molecule has 0 aliphatic rings. The zero-order valence-electron chi connectivity index (χ0n) is 10.9. The van der Waals surface area contributed by atoms with E-state index in [1.54, 1.807) is 31.5 Å². The van der Waals surface area contributed by atoms with Gasteiger partial charge in [0.2, 0.25) is 5.89 Å². The molecule has 0 radical (unpaired) electrons. The Hall–Kier alpha value is -2.63. The number of benzene rings is 1. The first-order chi connectivity index (χ1) is 9.65. The van der Waals surface area contributed by atoms with Crippen LogP contribution in [0.5, 0.6) is 0 Å². The van der Waals surface area contributed by atoms with Gasteiger partial charge in [0.15, 0.2) is 5.82 Å². The highest BCUT2D eigenvalue weighted by atomic mass is 19.1. The molecule has 0 amide bonds. The number of nitrogens with one attached hydrogen (secondary N) is 1. The summed E-state index contributed by atoms with van der Waals surface area (Å²) in [5.74, 6) is 0.752. The normalized spacial score (nSPS) is 10.9. The van der Waals surface area contributed by atoms with E-state index in [-0.39, 0.29) is 6.54 Å². The highest BCUT2D eigenvalue weighted by molar-refractivity contribution is 5.98. The van der Waals surface area contributed by atoms with E-state index in [9.17, 15) is 4.39 Å². The van der Waals surface area contributed by atoms with Crippen molar-refractivity contribution in [2.24, 2.45) is 0 Å². The van der Waals surface area contributed by atoms with E-state index in [1.807, 2.05) is 0 Å². The molecule has 0 saturated heterocycles. The lowest BCUT2D eigenvalue weighted by Crippen LogP contribution is -2.04. The molecule has 0 atom stereocenters. The van der Waals surface area contributed by atoms with E-state index < -0.39 is 5.82 Å². The number of aromatic nitrogens is 2. The van der Waals surface area contributed by atoms with Crippen molar-refractivity contribution < 1.29 is 8.81 Å². The Kier molecular flexibility index (Phi) is 2.98. The Balaban J connectivity index is 1.98. The van der Waals surface area contributed by atoms with Crippen molar-refractivity contribution in [3.05, 3.63) is 48.1 Å². The largest absolute Gasteiger partial charge is 0.444 e. The van der Waals surface area contributed by atoms with Gasteiger partial charge in [0.05, 0.1) is 23.9 Å². The third-order valence-corrected chi connectivity index (χ3v) is 2.96. The van der Waals surface area contributed by atoms with Gasteiger partial charge >= 0.3 is 0 Å². The molecule has 1 aromatic carbocycles. The summed E-state index contributed by atoms with van der Waals surface area (Å²) < 4.78 is 19.4. The van der Waals surface area contributed by atoms with Crippen molar-refractivity contribution >= 4 is 22.3 Å². The molecule has 0 aliphatic heterocycles. The first kappa shape index (κ1) is 12.4. The number of fused-ring (bicyclic) bond motifs is 1. The van der Waals surface area contributed by atoms with Crippen LogP contribution in [0.4, 0.5) is 15.8 Å². The van der Waals surface area contributed by atoms with Crippen molar-refractivity contribution in [3.8, 4) is 0 Å². The molecular weight excluding hydrogens is 259 g/mol. The highest BCUT2D eigenvalue weighted by Gasteiger charge is 2.12. The molecule has 0 unspecified atom stereocenters. The maximum Gasteiger partial charge on any atom is 0.213 e. The minimum absolute atomic E-state index is 0.278. The Morgan fingerprint density at radius 1 is 1.40 bits per heavy atom. The molecule has 0 spiro atoms. The maximum atomic E-state index is 14.1. The van der Waals surface area contributed by atoms with Crippen molar-refractivity contribution in [2.45, 2.75) is 13.5 Å². The fraction of sp³-hybridized carbons (Fsp3) is 0.143. The number of pyridine rings is 1. The molecule has 2 heterocycles. The Labute approximate surface area is 114 Å². The summed E-state index contributed by atoms with van der Waals surface area (Å²) in [4.78, 5) is 8.25. The standard InChI is InChI=1S/C14H13FN4O/c1-8-6-18-12(20-8)7-19-14-10(15)5-11(16)9-3-2-4-17-13(9)14/h2-6,19H,7,16H2,1H3. The van der Waals surface area contributed by atoms with Crippen LogP contribution in [-0.2, 0) is 6.54 Å². The molecule has 102 valence electrons. The number of hydrogen-bond acceptors (Lipinski definition) is 5. The second-order valence-electron chi connectivity index (χ2n) is 4.44. The van der Waals surface area contributed by atoms with E-state index in [0.29, 0.717) is 33.9 Å². The number of anilines is 2. The number of nitrogens with two attached hydrogens (primary N) is 1. The van der Waals surface area contributed by atoms with Gasteiger partial charge in [0.1, 0.15) is 5.76 Å². The van der Waals surface area contributed by atoms with Gasteiger partial charge in [-0.1, -0.05) is 0 Å². The van der Waals surface area contributed by atoms with Crippen molar-refractivity contribution in [1.29, 1.82) is 0 Å². The van der Waals surface area contributed by atoms with Gasteiger partial charge in [-0.3, -0.25) is 4.98 Å². The van der Waals surface area contributed by atoms with E-state index in [4.69, 9.17) is 10.2 Å². The average Bonchev–Trinajstić information content (AvgIpc) is 2.84. The minimum atomic E-state index is -0.447. The summed E-state index contributed by atoms with van der Waals surface area (Å²) in [5.41, 5.74) is 6.95. The third kappa shape index (κ3) is 2.16. The van der Waals surface area contributed by atoms with Crippen molar-refractivity contribution in [3.63, 3.8) is 0 Å². The van der Waals surface area contributed by atoms with Crippen LogP contribution in [0.2, 0.25) is 0 Å². The van der Waals surface area contributed by atoms with Crippen LogP contribution in [0.15, 0.2) is 35.0 Å². The molecule has 20 heavy (non-hydrogen) atoms. The number of nitrogens with zero attached hydrogens (tertiary/aromatic N) is 2. The lowest BCUT2D eigenvalue weighted by molar-refractivity contribution is 0.478. The van der Waals surface area contributed by atoms with Gasteiger partial charge in [0.25, 0.3) is 0 Å². The highest BCUT2D eigenvalue weighted by Crippen LogP contribution is 2.29. The molecule has 0 saturated carbocycles. The van der Waals surface area contributed by atoms with Gasteiger partial charge < -0.3 is 15.5 Å². The molecule has 3 N–H and O–H groups in total. The molecule has 6 heteroatoms. The van der Waals surface area contributed by atoms with Crippen LogP contribution >= 0.6 is 0 Å². The molecule has 0 fully saturated rings. The number of aryl methyl sites for hydroxylation is 1. The fourth-order valence-electron chi connectivity index (χ4n) is 2.05. The lowest BCUT2D eigenvalue weighted by Gasteiger charge is -2.10. The average molecular weight is 272 g/mol. The first-order valence-corrected chi connectivity index (χ1v) is 6.13. The molecular formula is C14H13FN4O. The van der Waals surface area contributed by atoms with Crippen LogP contribution in [-0.4, -0.2) is 9.97 Å². The summed E-state index contributed by atoms with van der Waals surface area (Å²) in [5, 5.41) is 3.67.